The van der Waals surface area contributed by atoms with E-state index in [1.54, 1.807) is 12.1 Å². The van der Waals surface area contributed by atoms with Crippen LogP contribution in [0.15, 0.2) is 66.7 Å². The van der Waals surface area contributed by atoms with Crippen LogP contribution in [0.2, 0.25) is 0 Å². The molecule has 168 valence electrons. The van der Waals surface area contributed by atoms with Gasteiger partial charge in [-0.05, 0) is 47.9 Å². The first-order chi connectivity index (χ1) is 16.2. The van der Waals surface area contributed by atoms with Gasteiger partial charge in [0.1, 0.15) is 5.75 Å². The molecule has 4 aromatic rings. The zero-order valence-corrected chi connectivity index (χ0v) is 19.3. The lowest BCUT2D eigenvalue weighted by Gasteiger charge is -2.10. The first kappa shape index (κ1) is 22.7. The van der Waals surface area contributed by atoms with E-state index in [0.717, 1.165) is 58.7 Å². The van der Waals surface area contributed by atoms with E-state index in [0.29, 0.717) is 24.3 Å². The van der Waals surface area contributed by atoms with Crippen molar-refractivity contribution in [1.29, 1.82) is 0 Å². The molecule has 2 nitrogen and oxygen atoms in total. The highest BCUT2D eigenvalue weighted by Gasteiger charge is 2.10. The standard InChI is InChI=1S/C30H29FO2/c1-3-5-19-32-28-17-13-23-9-7-8-10-25(23)27(28)16-12-22-11-15-26-24(21-22)14-18-29(30(26)31)33-20-6-4-2/h7-11,13-15,17-18,21H,3-6,19-20H2,1-2H3. The van der Waals surface area contributed by atoms with Crippen LogP contribution in [-0.4, -0.2) is 13.2 Å². The molecule has 0 fully saturated rings. The number of rotatable bonds is 8. The quantitative estimate of drug-likeness (QED) is 0.205. The van der Waals surface area contributed by atoms with Gasteiger partial charge in [-0.15, -0.1) is 0 Å². The van der Waals surface area contributed by atoms with Crippen LogP contribution in [0.3, 0.4) is 0 Å². The van der Waals surface area contributed by atoms with Crippen molar-refractivity contribution < 1.29 is 13.9 Å². The highest BCUT2D eigenvalue weighted by molar-refractivity contribution is 5.91. The minimum Gasteiger partial charge on any atom is -0.492 e. The summed E-state index contributed by atoms with van der Waals surface area (Å²) in [5.74, 6) is 7.39. The fourth-order valence-corrected chi connectivity index (χ4v) is 3.75. The second-order valence-corrected chi connectivity index (χ2v) is 8.13. The average molecular weight is 441 g/mol. The lowest BCUT2D eigenvalue weighted by molar-refractivity contribution is 0.295. The third-order valence-electron chi connectivity index (χ3n) is 5.65. The normalized spacial score (nSPS) is 10.8. The Morgan fingerprint density at radius 1 is 0.697 bits per heavy atom. The van der Waals surface area contributed by atoms with Crippen LogP contribution in [0.1, 0.15) is 50.7 Å². The Morgan fingerprint density at radius 2 is 1.39 bits per heavy atom. The van der Waals surface area contributed by atoms with Gasteiger partial charge in [0.2, 0.25) is 0 Å². The molecule has 0 aliphatic carbocycles. The van der Waals surface area contributed by atoms with Crippen LogP contribution >= 0.6 is 0 Å². The van der Waals surface area contributed by atoms with Crippen molar-refractivity contribution in [2.75, 3.05) is 13.2 Å². The second-order valence-electron chi connectivity index (χ2n) is 8.13. The Morgan fingerprint density at radius 3 is 2.18 bits per heavy atom. The van der Waals surface area contributed by atoms with Crippen molar-refractivity contribution in [3.63, 3.8) is 0 Å². The molecule has 33 heavy (non-hydrogen) atoms. The summed E-state index contributed by atoms with van der Waals surface area (Å²) in [6, 6.07) is 21.4. The fraction of sp³-hybridized carbons (Fsp3) is 0.267. The number of fused-ring (bicyclic) bond motifs is 2. The van der Waals surface area contributed by atoms with E-state index in [-0.39, 0.29) is 5.82 Å². The van der Waals surface area contributed by atoms with Crippen molar-refractivity contribution in [2.24, 2.45) is 0 Å². The smallest absolute Gasteiger partial charge is 0.172 e. The summed E-state index contributed by atoms with van der Waals surface area (Å²) in [6.07, 6.45) is 4.00. The maximum atomic E-state index is 14.9. The lowest BCUT2D eigenvalue weighted by Crippen LogP contribution is -1.99. The molecular formula is C30H29FO2. The van der Waals surface area contributed by atoms with Crippen LogP contribution in [0.25, 0.3) is 21.5 Å². The highest BCUT2D eigenvalue weighted by atomic mass is 19.1. The maximum Gasteiger partial charge on any atom is 0.172 e. The first-order valence-corrected chi connectivity index (χ1v) is 11.7. The molecule has 0 amide bonds. The minimum absolute atomic E-state index is 0.305. The van der Waals surface area contributed by atoms with Gasteiger partial charge in [-0.1, -0.05) is 81.0 Å². The van der Waals surface area contributed by atoms with Crippen LogP contribution in [0, 0.1) is 17.7 Å². The molecule has 0 saturated heterocycles. The summed E-state index contributed by atoms with van der Waals surface area (Å²) < 4.78 is 26.5. The summed E-state index contributed by atoms with van der Waals surface area (Å²) in [5.41, 5.74) is 1.71. The molecule has 0 aliphatic heterocycles. The van der Waals surface area contributed by atoms with E-state index < -0.39 is 0 Å². The van der Waals surface area contributed by atoms with Crippen LogP contribution in [0.5, 0.6) is 11.5 Å². The molecule has 0 heterocycles. The number of hydrogen-bond donors (Lipinski definition) is 0. The van der Waals surface area contributed by atoms with Gasteiger partial charge in [0.05, 0.1) is 18.8 Å². The molecule has 0 aromatic heterocycles. The Balaban J connectivity index is 1.68. The number of unbranched alkanes of at least 4 members (excludes halogenated alkanes) is 2. The topological polar surface area (TPSA) is 18.5 Å². The van der Waals surface area contributed by atoms with Gasteiger partial charge < -0.3 is 9.47 Å². The zero-order chi connectivity index (χ0) is 23.0. The zero-order valence-electron chi connectivity index (χ0n) is 19.3. The maximum absolute atomic E-state index is 14.9. The minimum atomic E-state index is -0.316. The Bertz CT molecular complexity index is 1310. The Labute approximate surface area is 195 Å². The molecule has 0 aliphatic rings. The molecule has 4 rings (SSSR count). The van der Waals surface area contributed by atoms with Gasteiger partial charge in [0, 0.05) is 16.3 Å². The lowest BCUT2D eigenvalue weighted by atomic mass is 10.0. The van der Waals surface area contributed by atoms with Gasteiger partial charge in [-0.25, -0.2) is 4.39 Å². The van der Waals surface area contributed by atoms with Crippen molar-refractivity contribution in [3.05, 3.63) is 83.7 Å². The predicted octanol–water partition coefficient (Wildman–Crippen LogP) is 7.89. The van der Waals surface area contributed by atoms with Gasteiger partial charge in [0.15, 0.2) is 11.6 Å². The fourth-order valence-electron chi connectivity index (χ4n) is 3.75. The summed E-state index contributed by atoms with van der Waals surface area (Å²) >= 11 is 0. The van der Waals surface area contributed by atoms with Crippen molar-refractivity contribution >= 4 is 21.5 Å². The number of halogens is 1. The van der Waals surface area contributed by atoms with E-state index in [9.17, 15) is 4.39 Å². The third-order valence-corrected chi connectivity index (χ3v) is 5.65. The monoisotopic (exact) mass is 440 g/mol. The van der Waals surface area contributed by atoms with Gasteiger partial charge in [-0.2, -0.15) is 0 Å². The summed E-state index contributed by atoms with van der Waals surface area (Å²) in [7, 11) is 0. The van der Waals surface area contributed by atoms with Crippen molar-refractivity contribution in [3.8, 4) is 23.3 Å². The first-order valence-electron chi connectivity index (χ1n) is 11.7. The van der Waals surface area contributed by atoms with Gasteiger partial charge >= 0.3 is 0 Å². The molecule has 0 saturated carbocycles. The summed E-state index contributed by atoms with van der Waals surface area (Å²) in [5, 5.41) is 3.54. The molecule has 0 N–H and O–H groups in total. The van der Waals surface area contributed by atoms with Crippen molar-refractivity contribution in [1.82, 2.24) is 0 Å². The largest absolute Gasteiger partial charge is 0.492 e. The van der Waals surface area contributed by atoms with E-state index in [4.69, 9.17) is 9.47 Å². The molecular weight excluding hydrogens is 411 g/mol. The van der Waals surface area contributed by atoms with E-state index >= 15 is 0 Å². The Hall–Kier alpha value is -3.51. The van der Waals surface area contributed by atoms with E-state index in [1.165, 1.54) is 0 Å². The van der Waals surface area contributed by atoms with E-state index in [1.807, 2.05) is 36.4 Å². The third kappa shape index (κ3) is 5.29. The van der Waals surface area contributed by atoms with Crippen molar-refractivity contribution in [2.45, 2.75) is 39.5 Å². The van der Waals surface area contributed by atoms with Gasteiger partial charge in [-0.3, -0.25) is 0 Å². The molecule has 0 radical (unpaired) electrons. The molecule has 0 spiro atoms. The van der Waals surface area contributed by atoms with Crippen LogP contribution in [0.4, 0.5) is 4.39 Å². The molecule has 0 atom stereocenters. The molecule has 0 bridgehead atoms. The molecule has 3 heteroatoms. The molecule has 0 unspecified atom stereocenters. The van der Waals surface area contributed by atoms with Gasteiger partial charge in [0.25, 0.3) is 0 Å². The Kier molecular flexibility index (Phi) is 7.47. The average Bonchev–Trinajstić information content (AvgIpc) is 2.84. The number of hydrogen-bond acceptors (Lipinski definition) is 2. The number of benzene rings is 4. The summed E-state index contributed by atoms with van der Waals surface area (Å²) in [6.45, 7) is 5.42. The van der Waals surface area contributed by atoms with Crippen LogP contribution in [-0.2, 0) is 0 Å². The second kappa shape index (κ2) is 10.9. The molecule has 4 aromatic carbocycles. The van der Waals surface area contributed by atoms with E-state index in [2.05, 4.69) is 43.9 Å². The summed E-state index contributed by atoms with van der Waals surface area (Å²) in [4.78, 5) is 0. The van der Waals surface area contributed by atoms with Crippen LogP contribution < -0.4 is 9.47 Å². The highest BCUT2D eigenvalue weighted by Crippen LogP contribution is 2.29. The predicted molar refractivity (Wildman–Crippen MR) is 135 cm³/mol. The number of ether oxygens (including phenoxy) is 2. The SMILES string of the molecule is CCCCOc1ccc2cc(C#Cc3c(OCCCC)ccc4ccccc34)ccc2c1F.